The maximum absolute atomic E-state index is 14.2. The molecule has 0 saturated carbocycles. The van der Waals surface area contributed by atoms with E-state index in [0.717, 1.165) is 6.07 Å². The number of halogens is 3. The Bertz CT molecular complexity index is 1540. The summed E-state index contributed by atoms with van der Waals surface area (Å²) in [5.41, 5.74) is 6.95. The van der Waals surface area contributed by atoms with Crippen molar-refractivity contribution in [1.29, 1.82) is 0 Å². The van der Waals surface area contributed by atoms with Crippen molar-refractivity contribution in [2.45, 2.75) is 19.1 Å². The van der Waals surface area contributed by atoms with Gasteiger partial charge in [0, 0.05) is 17.5 Å². The van der Waals surface area contributed by atoms with Crippen LogP contribution in [0.15, 0.2) is 72.0 Å². The molecule has 3 N–H and O–H groups in total. The number of carbonyl (C=O) groups excluding carboxylic acids is 3. The maximum atomic E-state index is 14.2. The SMILES string of the molecule is NC(=O)c1nn(CC(=O)N2C3=CC=CC3=C[C@H]2C(=O)NCc2cccc(Cl)c2F)c2ccc(F)cc12. The maximum Gasteiger partial charge on any atom is 0.269 e. The van der Waals surface area contributed by atoms with Crippen LogP contribution in [0.1, 0.15) is 16.1 Å². The van der Waals surface area contributed by atoms with E-state index in [9.17, 15) is 23.2 Å². The molecule has 3 amide bonds. The molecular formula is C25H18ClF2N5O3. The van der Waals surface area contributed by atoms with Gasteiger partial charge in [-0.3, -0.25) is 24.0 Å². The van der Waals surface area contributed by atoms with Crippen molar-refractivity contribution < 1.29 is 23.2 Å². The Hall–Kier alpha value is -4.31. The molecule has 2 aliphatic rings. The van der Waals surface area contributed by atoms with Gasteiger partial charge in [0.25, 0.3) is 5.91 Å². The summed E-state index contributed by atoms with van der Waals surface area (Å²) in [6.45, 7) is -0.472. The van der Waals surface area contributed by atoms with Crippen LogP contribution in [-0.4, -0.2) is 38.4 Å². The quantitative estimate of drug-likeness (QED) is 0.532. The highest BCUT2D eigenvalue weighted by Gasteiger charge is 2.38. The van der Waals surface area contributed by atoms with E-state index < -0.39 is 35.4 Å². The molecule has 0 saturated heterocycles. The number of benzene rings is 2. The van der Waals surface area contributed by atoms with Gasteiger partial charge >= 0.3 is 0 Å². The molecule has 1 atom stereocenters. The van der Waals surface area contributed by atoms with Gasteiger partial charge in [-0.2, -0.15) is 5.10 Å². The first-order valence-electron chi connectivity index (χ1n) is 10.8. The summed E-state index contributed by atoms with van der Waals surface area (Å²) in [5, 5.41) is 6.88. The number of amides is 3. The third-order valence-electron chi connectivity index (χ3n) is 5.95. The third kappa shape index (κ3) is 4.05. The highest BCUT2D eigenvalue weighted by Crippen LogP contribution is 2.33. The minimum Gasteiger partial charge on any atom is -0.364 e. The van der Waals surface area contributed by atoms with Crippen LogP contribution in [0.5, 0.6) is 0 Å². The van der Waals surface area contributed by atoms with Gasteiger partial charge in [0.2, 0.25) is 11.8 Å². The van der Waals surface area contributed by atoms with Crippen LogP contribution in [0.2, 0.25) is 5.02 Å². The number of nitrogens with zero attached hydrogens (tertiary/aromatic N) is 3. The highest BCUT2D eigenvalue weighted by atomic mass is 35.5. The number of carbonyl (C=O) groups is 3. The van der Waals surface area contributed by atoms with Crippen LogP contribution >= 0.6 is 11.6 Å². The molecule has 1 aromatic heterocycles. The number of nitrogens with two attached hydrogens (primary N) is 1. The minimum absolute atomic E-state index is 0.0620. The summed E-state index contributed by atoms with van der Waals surface area (Å²) in [7, 11) is 0. The Morgan fingerprint density at radius 2 is 1.97 bits per heavy atom. The number of hydrogen-bond acceptors (Lipinski definition) is 4. The summed E-state index contributed by atoms with van der Waals surface area (Å²) in [6, 6.07) is 7.17. The standard InChI is InChI=1S/C25H18ClF2N5O3/c26-17-5-1-4-14(22(17)28)11-30-25(36)20-9-13-3-2-6-18(13)33(20)21(34)12-32-19-8-7-15(27)10-16(19)23(31-32)24(29)35/h1-10,20H,11-12H2,(H2,29,35)(H,30,36)/t20-/m0/s1. The Balaban J connectivity index is 1.40. The molecule has 1 aliphatic heterocycles. The van der Waals surface area contributed by atoms with Crippen molar-refractivity contribution >= 4 is 40.2 Å². The largest absolute Gasteiger partial charge is 0.364 e. The molecule has 0 spiro atoms. The van der Waals surface area contributed by atoms with Gasteiger partial charge < -0.3 is 11.1 Å². The van der Waals surface area contributed by atoms with Gasteiger partial charge in [0.05, 0.1) is 16.2 Å². The summed E-state index contributed by atoms with van der Waals surface area (Å²) in [4.78, 5) is 39.7. The van der Waals surface area contributed by atoms with Gasteiger partial charge in [-0.1, -0.05) is 35.9 Å². The van der Waals surface area contributed by atoms with E-state index in [1.807, 2.05) is 0 Å². The molecule has 0 bridgehead atoms. The van der Waals surface area contributed by atoms with E-state index >= 15 is 0 Å². The zero-order chi connectivity index (χ0) is 25.6. The van der Waals surface area contributed by atoms with Crippen LogP contribution in [0, 0.1) is 11.6 Å². The lowest BCUT2D eigenvalue weighted by atomic mass is 10.2. The number of fused-ring (bicyclic) bond motifs is 2. The molecule has 36 heavy (non-hydrogen) atoms. The monoisotopic (exact) mass is 509 g/mol. The van der Waals surface area contributed by atoms with E-state index in [1.54, 1.807) is 30.4 Å². The fourth-order valence-corrected chi connectivity index (χ4v) is 4.49. The molecule has 1 aliphatic carbocycles. The second-order valence-electron chi connectivity index (χ2n) is 8.20. The van der Waals surface area contributed by atoms with E-state index in [2.05, 4.69) is 10.4 Å². The van der Waals surface area contributed by atoms with Crippen LogP contribution < -0.4 is 11.1 Å². The predicted octanol–water partition coefficient (Wildman–Crippen LogP) is 2.97. The van der Waals surface area contributed by atoms with Crippen molar-refractivity contribution in [3.63, 3.8) is 0 Å². The first-order chi connectivity index (χ1) is 17.2. The van der Waals surface area contributed by atoms with Crippen LogP contribution in [0.4, 0.5) is 8.78 Å². The van der Waals surface area contributed by atoms with Gasteiger partial charge in [-0.05, 0) is 42.0 Å². The summed E-state index contributed by atoms with van der Waals surface area (Å²) >= 11 is 5.81. The van der Waals surface area contributed by atoms with Crippen molar-refractivity contribution in [2.24, 2.45) is 5.73 Å². The Morgan fingerprint density at radius 3 is 2.75 bits per heavy atom. The number of aromatic nitrogens is 2. The molecule has 0 fully saturated rings. The van der Waals surface area contributed by atoms with E-state index in [4.69, 9.17) is 17.3 Å². The Kier molecular flexibility index (Phi) is 5.89. The summed E-state index contributed by atoms with van der Waals surface area (Å²) in [6.07, 6.45) is 6.83. The second-order valence-corrected chi connectivity index (χ2v) is 8.61. The summed E-state index contributed by atoms with van der Waals surface area (Å²) in [5.74, 6) is -3.11. The molecule has 5 rings (SSSR count). The topological polar surface area (TPSA) is 110 Å². The lowest BCUT2D eigenvalue weighted by Gasteiger charge is -2.25. The number of primary amides is 1. The van der Waals surface area contributed by atoms with Gasteiger partial charge in [-0.15, -0.1) is 0 Å². The van der Waals surface area contributed by atoms with Crippen LogP contribution in [0.25, 0.3) is 10.9 Å². The van der Waals surface area contributed by atoms with Gasteiger partial charge in [0.15, 0.2) is 5.69 Å². The normalized spacial score (nSPS) is 16.2. The molecule has 182 valence electrons. The number of nitrogens with one attached hydrogen (secondary N) is 1. The van der Waals surface area contributed by atoms with Crippen LogP contribution in [-0.2, 0) is 22.7 Å². The zero-order valence-corrected chi connectivity index (χ0v) is 19.3. The highest BCUT2D eigenvalue weighted by molar-refractivity contribution is 6.30. The lowest BCUT2D eigenvalue weighted by molar-refractivity contribution is -0.136. The smallest absolute Gasteiger partial charge is 0.269 e. The van der Waals surface area contributed by atoms with E-state index in [0.29, 0.717) is 16.8 Å². The summed E-state index contributed by atoms with van der Waals surface area (Å²) < 4.78 is 29.2. The zero-order valence-electron chi connectivity index (χ0n) is 18.5. The van der Waals surface area contributed by atoms with Crippen molar-refractivity contribution in [3.8, 4) is 0 Å². The third-order valence-corrected chi connectivity index (χ3v) is 6.25. The van der Waals surface area contributed by atoms with Gasteiger partial charge in [-0.25, -0.2) is 8.78 Å². The molecule has 11 heteroatoms. The van der Waals surface area contributed by atoms with Crippen molar-refractivity contribution in [2.75, 3.05) is 0 Å². The first kappa shape index (κ1) is 23.4. The molecular weight excluding hydrogens is 492 g/mol. The molecule has 8 nitrogen and oxygen atoms in total. The Labute approximate surface area is 208 Å². The Morgan fingerprint density at radius 1 is 1.17 bits per heavy atom. The minimum atomic E-state index is -0.999. The molecule has 0 radical (unpaired) electrons. The van der Waals surface area contributed by atoms with Crippen molar-refractivity contribution in [1.82, 2.24) is 20.0 Å². The number of allylic oxidation sites excluding steroid dienone is 3. The van der Waals surface area contributed by atoms with Crippen LogP contribution in [0.3, 0.4) is 0 Å². The average Bonchev–Trinajstić information content (AvgIpc) is 3.52. The number of hydrogen-bond donors (Lipinski definition) is 2. The van der Waals surface area contributed by atoms with Crippen molar-refractivity contribution in [3.05, 3.63) is 99.9 Å². The van der Waals surface area contributed by atoms with E-state index in [1.165, 1.54) is 33.8 Å². The fourth-order valence-electron chi connectivity index (χ4n) is 4.29. The van der Waals surface area contributed by atoms with E-state index in [-0.39, 0.29) is 34.8 Å². The molecule has 2 aromatic carbocycles. The first-order valence-corrected chi connectivity index (χ1v) is 11.2. The predicted molar refractivity (Wildman–Crippen MR) is 127 cm³/mol. The average molecular weight is 510 g/mol. The van der Waals surface area contributed by atoms with Gasteiger partial charge in [0.1, 0.15) is 24.2 Å². The second kappa shape index (κ2) is 9.04. The fraction of sp³-hybridized carbons (Fsp3) is 0.120. The molecule has 2 heterocycles. The molecule has 3 aromatic rings. The number of rotatable bonds is 6. The lowest BCUT2D eigenvalue weighted by Crippen LogP contribution is -2.46. The molecule has 0 unspecified atom stereocenters.